The SMILES string of the molecule is NCc1ccc(C(=O)OCC(Cl)(Cl)Cl)cc1. The molecule has 0 fully saturated rings. The normalized spacial score (nSPS) is 11.2. The van der Waals surface area contributed by atoms with Crippen LogP contribution >= 0.6 is 34.8 Å². The van der Waals surface area contributed by atoms with Gasteiger partial charge in [-0.3, -0.25) is 0 Å². The second kappa shape index (κ2) is 5.73. The third-order valence-corrected chi connectivity index (χ3v) is 2.12. The van der Waals surface area contributed by atoms with E-state index in [1.54, 1.807) is 24.3 Å². The Bertz CT molecular complexity index is 359. The molecule has 0 unspecified atom stereocenters. The molecule has 2 N–H and O–H groups in total. The van der Waals surface area contributed by atoms with Gasteiger partial charge in [-0.2, -0.15) is 0 Å². The van der Waals surface area contributed by atoms with Gasteiger partial charge in [-0.05, 0) is 17.7 Å². The molecule has 0 amide bonds. The summed E-state index contributed by atoms with van der Waals surface area (Å²) < 4.78 is 3.21. The van der Waals surface area contributed by atoms with Crippen LogP contribution in [0.25, 0.3) is 0 Å². The molecule has 0 aromatic heterocycles. The number of ether oxygens (including phenoxy) is 1. The fourth-order valence-electron chi connectivity index (χ4n) is 1.01. The van der Waals surface area contributed by atoms with Gasteiger partial charge in [0.25, 0.3) is 0 Å². The highest BCUT2D eigenvalue weighted by Crippen LogP contribution is 2.26. The van der Waals surface area contributed by atoms with E-state index in [1.165, 1.54) is 0 Å². The monoisotopic (exact) mass is 281 g/mol. The van der Waals surface area contributed by atoms with Crippen LogP contribution in [0.1, 0.15) is 15.9 Å². The minimum Gasteiger partial charge on any atom is -0.458 e. The highest BCUT2D eigenvalue weighted by Gasteiger charge is 2.22. The molecule has 88 valence electrons. The van der Waals surface area contributed by atoms with Gasteiger partial charge in [0.1, 0.15) is 6.61 Å². The molecule has 0 aliphatic rings. The van der Waals surface area contributed by atoms with Gasteiger partial charge in [0.15, 0.2) is 0 Å². The Labute approximate surface area is 108 Å². The predicted molar refractivity (Wildman–Crippen MR) is 64.9 cm³/mol. The molecule has 0 aliphatic carbocycles. The predicted octanol–water partition coefficient (Wildman–Crippen LogP) is 2.67. The van der Waals surface area contributed by atoms with E-state index < -0.39 is 9.76 Å². The molecule has 0 aliphatic heterocycles. The number of alkyl halides is 3. The molecular weight excluding hydrogens is 272 g/mol. The number of carbonyl (C=O) groups excluding carboxylic acids is 1. The molecule has 1 aromatic carbocycles. The first kappa shape index (κ1) is 13.6. The summed E-state index contributed by atoms with van der Waals surface area (Å²) in [6, 6.07) is 6.71. The van der Waals surface area contributed by atoms with E-state index in [0.717, 1.165) is 5.56 Å². The van der Waals surface area contributed by atoms with Gasteiger partial charge in [0.05, 0.1) is 5.56 Å². The van der Waals surface area contributed by atoms with Crippen LogP contribution in [0.5, 0.6) is 0 Å². The lowest BCUT2D eigenvalue weighted by Crippen LogP contribution is -2.17. The summed E-state index contributed by atoms with van der Waals surface area (Å²) in [4.78, 5) is 11.5. The van der Waals surface area contributed by atoms with Crippen molar-refractivity contribution in [3.8, 4) is 0 Å². The minimum absolute atomic E-state index is 0.283. The van der Waals surface area contributed by atoms with E-state index >= 15 is 0 Å². The highest BCUT2D eigenvalue weighted by atomic mass is 35.6. The van der Waals surface area contributed by atoms with Gasteiger partial charge in [0.2, 0.25) is 3.79 Å². The van der Waals surface area contributed by atoms with Gasteiger partial charge < -0.3 is 10.5 Å². The maximum Gasteiger partial charge on any atom is 0.338 e. The number of nitrogens with two attached hydrogens (primary N) is 1. The third-order valence-electron chi connectivity index (χ3n) is 1.79. The average Bonchev–Trinajstić information content (AvgIpc) is 2.25. The zero-order valence-corrected chi connectivity index (χ0v) is 10.5. The van der Waals surface area contributed by atoms with E-state index in [1.807, 2.05) is 0 Å². The number of halogens is 3. The Balaban J connectivity index is 2.59. The topological polar surface area (TPSA) is 52.3 Å². The molecule has 0 saturated heterocycles. The van der Waals surface area contributed by atoms with Crippen molar-refractivity contribution in [1.82, 2.24) is 0 Å². The van der Waals surface area contributed by atoms with E-state index in [2.05, 4.69) is 0 Å². The van der Waals surface area contributed by atoms with Crippen molar-refractivity contribution in [2.75, 3.05) is 6.61 Å². The Morgan fingerprint density at radius 1 is 1.25 bits per heavy atom. The van der Waals surface area contributed by atoms with Gasteiger partial charge in [0, 0.05) is 6.54 Å². The Kier molecular flexibility index (Phi) is 4.87. The lowest BCUT2D eigenvalue weighted by Gasteiger charge is -2.11. The summed E-state index contributed by atoms with van der Waals surface area (Å²) in [5, 5.41) is 0. The lowest BCUT2D eigenvalue weighted by atomic mass is 10.1. The van der Waals surface area contributed by atoms with Crippen molar-refractivity contribution in [1.29, 1.82) is 0 Å². The summed E-state index contributed by atoms with van der Waals surface area (Å²) in [5.74, 6) is -0.533. The molecule has 0 heterocycles. The number of carbonyl (C=O) groups is 1. The molecule has 3 nitrogen and oxygen atoms in total. The average molecular weight is 283 g/mol. The van der Waals surface area contributed by atoms with Crippen molar-refractivity contribution in [2.24, 2.45) is 5.73 Å². The first-order valence-corrected chi connectivity index (χ1v) is 5.58. The van der Waals surface area contributed by atoms with E-state index in [4.69, 9.17) is 45.3 Å². The van der Waals surface area contributed by atoms with Gasteiger partial charge in [-0.1, -0.05) is 46.9 Å². The summed E-state index contributed by atoms with van der Waals surface area (Å²) in [7, 11) is 0. The molecule has 1 aromatic rings. The number of benzene rings is 1. The van der Waals surface area contributed by atoms with Crippen LogP contribution in [-0.4, -0.2) is 16.4 Å². The molecule has 1 rings (SSSR count). The zero-order chi connectivity index (χ0) is 12.2. The van der Waals surface area contributed by atoms with Crippen LogP contribution in [0.4, 0.5) is 0 Å². The Morgan fingerprint density at radius 3 is 2.25 bits per heavy atom. The van der Waals surface area contributed by atoms with Gasteiger partial charge in [-0.15, -0.1) is 0 Å². The fraction of sp³-hybridized carbons (Fsp3) is 0.300. The standard InChI is InChI=1S/C10H10Cl3NO2/c11-10(12,13)6-16-9(15)8-3-1-7(5-14)2-4-8/h1-4H,5-6,14H2. The summed E-state index contributed by atoms with van der Waals surface area (Å²) in [6.07, 6.45) is 0. The molecule has 0 bridgehead atoms. The Hall–Kier alpha value is -0.480. The van der Waals surface area contributed by atoms with Crippen molar-refractivity contribution >= 4 is 40.8 Å². The quantitative estimate of drug-likeness (QED) is 0.685. The van der Waals surface area contributed by atoms with Crippen molar-refractivity contribution < 1.29 is 9.53 Å². The van der Waals surface area contributed by atoms with Crippen molar-refractivity contribution in [3.63, 3.8) is 0 Å². The van der Waals surface area contributed by atoms with Gasteiger partial charge >= 0.3 is 5.97 Å². The maximum atomic E-state index is 11.5. The van der Waals surface area contributed by atoms with Gasteiger partial charge in [-0.25, -0.2) is 4.79 Å². The number of esters is 1. The van der Waals surface area contributed by atoms with Crippen LogP contribution in [0.3, 0.4) is 0 Å². The largest absolute Gasteiger partial charge is 0.458 e. The number of hydrogen-bond acceptors (Lipinski definition) is 3. The minimum atomic E-state index is -1.59. The molecule has 0 saturated carbocycles. The number of rotatable bonds is 3. The molecule has 6 heteroatoms. The van der Waals surface area contributed by atoms with E-state index in [0.29, 0.717) is 12.1 Å². The first-order chi connectivity index (χ1) is 7.42. The fourth-order valence-corrected chi connectivity index (χ4v) is 1.17. The molecule has 16 heavy (non-hydrogen) atoms. The van der Waals surface area contributed by atoms with Crippen LogP contribution in [0.15, 0.2) is 24.3 Å². The van der Waals surface area contributed by atoms with E-state index in [-0.39, 0.29) is 6.61 Å². The third kappa shape index (κ3) is 4.58. The van der Waals surface area contributed by atoms with Crippen molar-refractivity contribution in [3.05, 3.63) is 35.4 Å². The highest BCUT2D eigenvalue weighted by molar-refractivity contribution is 6.67. The van der Waals surface area contributed by atoms with Crippen LogP contribution < -0.4 is 5.73 Å². The molecule has 0 atom stereocenters. The van der Waals surface area contributed by atoms with Crippen LogP contribution in [0, 0.1) is 0 Å². The maximum absolute atomic E-state index is 11.5. The second-order valence-electron chi connectivity index (χ2n) is 3.09. The molecule has 0 spiro atoms. The zero-order valence-electron chi connectivity index (χ0n) is 8.25. The molecular formula is C10H10Cl3NO2. The Morgan fingerprint density at radius 2 is 1.81 bits per heavy atom. The summed E-state index contributed by atoms with van der Waals surface area (Å²) >= 11 is 16.3. The number of hydrogen-bond donors (Lipinski definition) is 1. The van der Waals surface area contributed by atoms with E-state index in [9.17, 15) is 4.79 Å². The summed E-state index contributed by atoms with van der Waals surface area (Å²) in [5.41, 5.74) is 6.75. The first-order valence-electron chi connectivity index (χ1n) is 4.45. The summed E-state index contributed by atoms with van der Waals surface area (Å²) in [6.45, 7) is 0.138. The smallest absolute Gasteiger partial charge is 0.338 e. The van der Waals surface area contributed by atoms with Crippen LogP contribution in [0.2, 0.25) is 0 Å². The van der Waals surface area contributed by atoms with Crippen molar-refractivity contribution in [2.45, 2.75) is 10.3 Å². The second-order valence-corrected chi connectivity index (χ2v) is 5.61. The lowest BCUT2D eigenvalue weighted by molar-refractivity contribution is 0.0512. The molecule has 0 radical (unpaired) electrons. The van der Waals surface area contributed by atoms with Crippen LogP contribution in [-0.2, 0) is 11.3 Å².